The standard InChI is InChI=1S/C18H20N4O3S/c1-5-25-17(24)12-6-7-13-15(9-12)26-18(19-13)20-16(23)14-8-11(4)22(21-14)10(2)3/h6-10H,5H2,1-4H3,(H,19,20,23). The number of carbonyl (C=O) groups is 2. The highest BCUT2D eigenvalue weighted by molar-refractivity contribution is 7.22. The minimum atomic E-state index is -0.372. The molecule has 3 rings (SSSR count). The molecule has 1 aromatic carbocycles. The van der Waals surface area contributed by atoms with Crippen molar-refractivity contribution in [3.63, 3.8) is 0 Å². The fraction of sp³-hybridized carbons (Fsp3) is 0.333. The van der Waals surface area contributed by atoms with E-state index in [0.717, 1.165) is 10.4 Å². The molecule has 2 aromatic heterocycles. The van der Waals surface area contributed by atoms with Crippen LogP contribution in [-0.4, -0.2) is 33.2 Å². The first-order valence-electron chi connectivity index (χ1n) is 8.34. The molecule has 26 heavy (non-hydrogen) atoms. The highest BCUT2D eigenvalue weighted by Crippen LogP contribution is 2.27. The zero-order valence-corrected chi connectivity index (χ0v) is 15.9. The van der Waals surface area contributed by atoms with Crippen molar-refractivity contribution < 1.29 is 14.3 Å². The average molecular weight is 372 g/mol. The minimum Gasteiger partial charge on any atom is -0.462 e. The van der Waals surface area contributed by atoms with Crippen molar-refractivity contribution in [1.82, 2.24) is 14.8 Å². The summed E-state index contributed by atoms with van der Waals surface area (Å²) < 4.78 is 7.61. The number of ether oxygens (including phenoxy) is 1. The molecule has 0 atom stereocenters. The van der Waals surface area contributed by atoms with Crippen molar-refractivity contribution in [2.75, 3.05) is 11.9 Å². The molecule has 136 valence electrons. The van der Waals surface area contributed by atoms with Crippen LogP contribution in [0.25, 0.3) is 10.2 Å². The van der Waals surface area contributed by atoms with Gasteiger partial charge in [-0.2, -0.15) is 5.10 Å². The van der Waals surface area contributed by atoms with E-state index in [2.05, 4.69) is 15.4 Å². The molecule has 1 N–H and O–H groups in total. The van der Waals surface area contributed by atoms with Crippen molar-refractivity contribution in [3.8, 4) is 0 Å². The molecule has 0 radical (unpaired) electrons. The third-order valence-electron chi connectivity index (χ3n) is 3.76. The number of benzene rings is 1. The monoisotopic (exact) mass is 372 g/mol. The highest BCUT2D eigenvalue weighted by Gasteiger charge is 2.16. The number of thiazole rings is 1. The number of rotatable bonds is 5. The van der Waals surface area contributed by atoms with Gasteiger partial charge in [-0.1, -0.05) is 11.3 Å². The summed E-state index contributed by atoms with van der Waals surface area (Å²) in [6, 6.07) is 7.06. The second-order valence-electron chi connectivity index (χ2n) is 6.09. The lowest BCUT2D eigenvalue weighted by atomic mass is 10.2. The van der Waals surface area contributed by atoms with Gasteiger partial charge in [0, 0.05) is 11.7 Å². The number of aryl methyl sites for hydroxylation is 1. The first kappa shape index (κ1) is 18.1. The van der Waals surface area contributed by atoms with E-state index < -0.39 is 0 Å². The molecular weight excluding hydrogens is 352 g/mol. The normalized spacial score (nSPS) is 11.1. The van der Waals surface area contributed by atoms with E-state index in [4.69, 9.17) is 4.74 Å². The molecule has 0 fully saturated rings. The van der Waals surface area contributed by atoms with Gasteiger partial charge in [-0.05, 0) is 52.0 Å². The number of nitrogens with one attached hydrogen (secondary N) is 1. The number of carbonyl (C=O) groups excluding carboxylic acids is 2. The van der Waals surface area contributed by atoms with Gasteiger partial charge in [-0.15, -0.1) is 0 Å². The summed E-state index contributed by atoms with van der Waals surface area (Å²) in [7, 11) is 0. The summed E-state index contributed by atoms with van der Waals surface area (Å²) >= 11 is 1.30. The Morgan fingerprint density at radius 3 is 2.73 bits per heavy atom. The molecule has 0 unspecified atom stereocenters. The molecule has 7 nitrogen and oxygen atoms in total. The summed E-state index contributed by atoms with van der Waals surface area (Å²) in [5, 5.41) is 7.58. The Morgan fingerprint density at radius 1 is 1.31 bits per heavy atom. The molecule has 3 aromatic rings. The van der Waals surface area contributed by atoms with Gasteiger partial charge in [0.05, 0.1) is 22.4 Å². The molecule has 0 aliphatic rings. The summed E-state index contributed by atoms with van der Waals surface area (Å²) in [5.74, 6) is -0.680. The van der Waals surface area contributed by atoms with E-state index in [9.17, 15) is 9.59 Å². The lowest BCUT2D eigenvalue weighted by Crippen LogP contribution is -2.13. The molecule has 2 heterocycles. The molecule has 0 aliphatic heterocycles. The Kier molecular flexibility index (Phi) is 5.03. The van der Waals surface area contributed by atoms with Crippen LogP contribution in [-0.2, 0) is 4.74 Å². The van der Waals surface area contributed by atoms with Gasteiger partial charge < -0.3 is 4.74 Å². The van der Waals surface area contributed by atoms with Crippen LogP contribution in [0.5, 0.6) is 0 Å². The smallest absolute Gasteiger partial charge is 0.338 e. The number of aromatic nitrogens is 3. The van der Waals surface area contributed by atoms with Crippen LogP contribution in [0.15, 0.2) is 24.3 Å². The predicted octanol–water partition coefficient (Wildman–Crippen LogP) is 3.81. The largest absolute Gasteiger partial charge is 0.462 e. The summed E-state index contributed by atoms with van der Waals surface area (Å²) in [6.45, 7) is 8.02. The lowest BCUT2D eigenvalue weighted by molar-refractivity contribution is 0.0526. The zero-order chi connectivity index (χ0) is 18.8. The van der Waals surface area contributed by atoms with E-state index >= 15 is 0 Å². The lowest BCUT2D eigenvalue weighted by Gasteiger charge is -2.06. The topological polar surface area (TPSA) is 86.1 Å². The third kappa shape index (κ3) is 3.60. The van der Waals surface area contributed by atoms with E-state index in [1.54, 1.807) is 35.9 Å². The Labute approximate surface area is 155 Å². The van der Waals surface area contributed by atoms with Gasteiger partial charge in [0.25, 0.3) is 5.91 Å². The van der Waals surface area contributed by atoms with Crippen molar-refractivity contribution in [3.05, 3.63) is 41.2 Å². The third-order valence-corrected chi connectivity index (χ3v) is 4.70. The molecule has 1 amide bonds. The maximum atomic E-state index is 12.4. The van der Waals surface area contributed by atoms with Crippen molar-refractivity contribution in [2.45, 2.75) is 33.7 Å². The van der Waals surface area contributed by atoms with Gasteiger partial charge in [-0.3, -0.25) is 14.8 Å². The van der Waals surface area contributed by atoms with Crippen LogP contribution in [0.2, 0.25) is 0 Å². The van der Waals surface area contributed by atoms with Crippen LogP contribution < -0.4 is 5.32 Å². The van der Waals surface area contributed by atoms with Crippen LogP contribution in [0.4, 0.5) is 5.13 Å². The second-order valence-corrected chi connectivity index (χ2v) is 7.12. The Morgan fingerprint density at radius 2 is 2.08 bits per heavy atom. The highest BCUT2D eigenvalue weighted by atomic mass is 32.1. The van der Waals surface area contributed by atoms with Gasteiger partial charge in [-0.25, -0.2) is 9.78 Å². The zero-order valence-electron chi connectivity index (χ0n) is 15.1. The van der Waals surface area contributed by atoms with Crippen LogP contribution >= 0.6 is 11.3 Å². The molecule has 8 heteroatoms. The summed E-state index contributed by atoms with van der Waals surface area (Å²) in [5.41, 5.74) is 2.45. The number of hydrogen-bond acceptors (Lipinski definition) is 6. The van der Waals surface area contributed by atoms with Gasteiger partial charge in [0.15, 0.2) is 10.8 Å². The van der Waals surface area contributed by atoms with E-state index in [1.807, 2.05) is 20.8 Å². The molecular formula is C18H20N4O3S. The van der Waals surface area contributed by atoms with Crippen molar-refractivity contribution in [2.24, 2.45) is 0 Å². The maximum Gasteiger partial charge on any atom is 0.338 e. The number of fused-ring (bicyclic) bond motifs is 1. The molecule has 0 spiro atoms. The fourth-order valence-corrected chi connectivity index (χ4v) is 3.50. The van der Waals surface area contributed by atoms with Gasteiger partial charge in [0.2, 0.25) is 0 Å². The second kappa shape index (κ2) is 7.25. The molecule has 0 saturated heterocycles. The fourth-order valence-electron chi connectivity index (χ4n) is 2.60. The molecule has 0 bridgehead atoms. The Balaban J connectivity index is 1.81. The van der Waals surface area contributed by atoms with Crippen LogP contribution in [0.3, 0.4) is 0 Å². The summed E-state index contributed by atoms with van der Waals surface area (Å²) in [6.07, 6.45) is 0. The van der Waals surface area contributed by atoms with Crippen LogP contribution in [0, 0.1) is 6.92 Å². The molecule has 0 saturated carbocycles. The number of esters is 1. The van der Waals surface area contributed by atoms with E-state index in [0.29, 0.717) is 28.5 Å². The average Bonchev–Trinajstić information content (AvgIpc) is 3.17. The first-order valence-corrected chi connectivity index (χ1v) is 9.16. The van der Waals surface area contributed by atoms with Crippen molar-refractivity contribution in [1.29, 1.82) is 0 Å². The Hall–Kier alpha value is -2.74. The van der Waals surface area contributed by atoms with Crippen LogP contribution in [0.1, 0.15) is 53.4 Å². The minimum absolute atomic E-state index is 0.181. The predicted molar refractivity (Wildman–Crippen MR) is 101 cm³/mol. The number of nitrogens with zero attached hydrogens (tertiary/aromatic N) is 3. The SMILES string of the molecule is CCOC(=O)c1ccc2nc(NC(=O)c3cc(C)n(C(C)C)n3)sc2c1. The summed E-state index contributed by atoms with van der Waals surface area (Å²) in [4.78, 5) is 28.7. The number of anilines is 1. The van der Waals surface area contributed by atoms with Crippen molar-refractivity contribution >= 4 is 38.6 Å². The number of amides is 1. The van der Waals surface area contributed by atoms with E-state index in [-0.39, 0.29) is 17.9 Å². The molecule has 0 aliphatic carbocycles. The Bertz CT molecular complexity index is 974. The van der Waals surface area contributed by atoms with Gasteiger partial charge >= 0.3 is 5.97 Å². The quantitative estimate of drug-likeness (QED) is 0.688. The maximum absolute atomic E-state index is 12.4. The van der Waals surface area contributed by atoms with E-state index in [1.165, 1.54) is 11.3 Å². The first-order chi connectivity index (χ1) is 12.4. The number of hydrogen-bond donors (Lipinski definition) is 1. The van der Waals surface area contributed by atoms with Gasteiger partial charge in [0.1, 0.15) is 0 Å².